The molecule has 2 atom stereocenters. The molecule has 0 radical (unpaired) electrons. The molecule has 0 saturated carbocycles. The minimum atomic E-state index is -1.11. The number of Topliss-reactive ketones (excluding diaryl/α,β-unsaturated/α-hetero) is 1. The van der Waals surface area contributed by atoms with Gasteiger partial charge >= 0.3 is 5.97 Å². The number of carbonyl (C=O) groups excluding carboxylic acids is 2. The number of ether oxygens (including phenoxy) is 5. The number of rotatable bonds is 4. The highest BCUT2D eigenvalue weighted by molar-refractivity contribution is 6.04. The summed E-state index contributed by atoms with van der Waals surface area (Å²) in [4.78, 5) is 24.8. The maximum atomic E-state index is 13.1. The second kappa shape index (κ2) is 7.07. The van der Waals surface area contributed by atoms with Gasteiger partial charge in [-0.25, -0.2) is 0 Å². The van der Waals surface area contributed by atoms with Gasteiger partial charge in [-0.05, 0) is 44.2 Å². The highest BCUT2D eigenvalue weighted by atomic mass is 16.7. The smallest absolute Gasteiger partial charge is 0.303 e. The Balaban J connectivity index is 1.72. The molecule has 0 fully saturated rings. The number of carbonyl (C=O) groups is 2. The summed E-state index contributed by atoms with van der Waals surface area (Å²) in [6.45, 7) is 5.19. The SMILES string of the molecule is CC(=O)OC1C(=O)c2cc(OC(C)C)ccc2OC1c1ccc2c(c1)OCO2. The fourth-order valence-electron chi connectivity index (χ4n) is 3.27. The van der Waals surface area contributed by atoms with Crippen molar-refractivity contribution in [3.63, 3.8) is 0 Å². The third kappa shape index (κ3) is 3.35. The quantitative estimate of drug-likeness (QED) is 0.747. The first kappa shape index (κ1) is 18.2. The van der Waals surface area contributed by atoms with Gasteiger partial charge in [-0.15, -0.1) is 0 Å². The molecule has 0 amide bonds. The fourth-order valence-corrected chi connectivity index (χ4v) is 3.27. The van der Waals surface area contributed by atoms with Crippen LogP contribution in [0.2, 0.25) is 0 Å². The fraction of sp³-hybridized carbons (Fsp3) is 0.333. The Bertz CT molecular complexity index is 934. The summed E-state index contributed by atoms with van der Waals surface area (Å²) in [5, 5.41) is 0. The van der Waals surface area contributed by atoms with E-state index < -0.39 is 18.2 Å². The van der Waals surface area contributed by atoms with E-state index in [1.807, 2.05) is 13.8 Å². The van der Waals surface area contributed by atoms with Crippen LogP contribution in [0.25, 0.3) is 0 Å². The van der Waals surface area contributed by atoms with Gasteiger partial charge in [0.15, 0.2) is 17.6 Å². The average molecular weight is 384 g/mol. The Morgan fingerprint density at radius 1 is 1.07 bits per heavy atom. The lowest BCUT2D eigenvalue weighted by Gasteiger charge is -2.32. The molecule has 0 aliphatic carbocycles. The summed E-state index contributed by atoms with van der Waals surface area (Å²) >= 11 is 0. The van der Waals surface area contributed by atoms with E-state index in [-0.39, 0.29) is 18.7 Å². The molecule has 146 valence electrons. The summed E-state index contributed by atoms with van der Waals surface area (Å²) in [6.07, 6.45) is -1.95. The van der Waals surface area contributed by atoms with E-state index in [2.05, 4.69) is 0 Å². The molecule has 2 heterocycles. The van der Waals surface area contributed by atoms with Crippen molar-refractivity contribution < 1.29 is 33.3 Å². The van der Waals surface area contributed by atoms with Crippen molar-refractivity contribution in [1.82, 2.24) is 0 Å². The summed E-state index contributed by atoms with van der Waals surface area (Å²) in [5.74, 6) is 1.23. The first-order valence-electron chi connectivity index (χ1n) is 9.00. The Labute approximate surface area is 162 Å². The maximum absolute atomic E-state index is 13.1. The molecular weight excluding hydrogens is 364 g/mol. The van der Waals surface area contributed by atoms with Crippen molar-refractivity contribution in [2.45, 2.75) is 39.1 Å². The van der Waals surface area contributed by atoms with Gasteiger partial charge in [-0.3, -0.25) is 9.59 Å². The summed E-state index contributed by atoms with van der Waals surface area (Å²) in [5.41, 5.74) is 0.971. The average Bonchev–Trinajstić information content (AvgIpc) is 3.11. The Hall–Kier alpha value is -3.22. The monoisotopic (exact) mass is 384 g/mol. The second-order valence-corrected chi connectivity index (χ2v) is 6.87. The van der Waals surface area contributed by atoms with E-state index in [0.717, 1.165) is 0 Å². The highest BCUT2D eigenvalue weighted by Gasteiger charge is 2.41. The van der Waals surface area contributed by atoms with Crippen LogP contribution >= 0.6 is 0 Å². The lowest BCUT2D eigenvalue weighted by Crippen LogP contribution is -2.39. The number of hydrogen-bond donors (Lipinski definition) is 0. The predicted octanol–water partition coefficient (Wildman–Crippen LogP) is 3.45. The van der Waals surface area contributed by atoms with Crippen molar-refractivity contribution in [2.75, 3.05) is 6.79 Å². The molecular formula is C21H20O7. The molecule has 0 aromatic heterocycles. The van der Waals surface area contributed by atoms with E-state index in [4.69, 9.17) is 23.7 Å². The van der Waals surface area contributed by atoms with Crippen molar-refractivity contribution in [3.05, 3.63) is 47.5 Å². The molecule has 2 aliphatic rings. The van der Waals surface area contributed by atoms with Crippen LogP contribution in [0.4, 0.5) is 0 Å². The van der Waals surface area contributed by atoms with Crippen molar-refractivity contribution >= 4 is 11.8 Å². The molecule has 0 spiro atoms. The van der Waals surface area contributed by atoms with Crippen LogP contribution in [0.1, 0.15) is 42.8 Å². The van der Waals surface area contributed by atoms with Crippen LogP contribution in [0, 0.1) is 0 Å². The summed E-state index contributed by atoms with van der Waals surface area (Å²) < 4.78 is 27.8. The largest absolute Gasteiger partial charge is 0.491 e. The maximum Gasteiger partial charge on any atom is 0.303 e. The third-order valence-corrected chi connectivity index (χ3v) is 4.39. The Morgan fingerprint density at radius 2 is 1.82 bits per heavy atom. The number of ketones is 1. The molecule has 0 saturated heterocycles. The van der Waals surface area contributed by atoms with Gasteiger partial charge in [0.1, 0.15) is 11.5 Å². The number of esters is 1. The van der Waals surface area contributed by atoms with E-state index in [1.54, 1.807) is 36.4 Å². The highest BCUT2D eigenvalue weighted by Crippen LogP contribution is 2.41. The van der Waals surface area contributed by atoms with Gasteiger partial charge in [0.05, 0.1) is 11.7 Å². The minimum absolute atomic E-state index is 0.0386. The van der Waals surface area contributed by atoms with Crippen LogP contribution in [-0.4, -0.2) is 30.8 Å². The Morgan fingerprint density at radius 3 is 2.57 bits per heavy atom. The molecule has 0 bridgehead atoms. The first-order chi connectivity index (χ1) is 13.4. The normalized spacial score (nSPS) is 19.8. The molecule has 7 nitrogen and oxygen atoms in total. The van der Waals surface area contributed by atoms with Gasteiger partial charge in [0.25, 0.3) is 0 Å². The molecule has 4 rings (SSSR count). The minimum Gasteiger partial charge on any atom is -0.491 e. The molecule has 2 aromatic carbocycles. The van der Waals surface area contributed by atoms with Crippen molar-refractivity contribution in [1.29, 1.82) is 0 Å². The van der Waals surface area contributed by atoms with Crippen molar-refractivity contribution in [3.8, 4) is 23.0 Å². The van der Waals surface area contributed by atoms with Gasteiger partial charge < -0.3 is 23.7 Å². The zero-order chi connectivity index (χ0) is 19.8. The molecule has 2 aromatic rings. The van der Waals surface area contributed by atoms with Gasteiger partial charge in [-0.2, -0.15) is 0 Å². The van der Waals surface area contributed by atoms with Gasteiger partial charge in [-0.1, -0.05) is 6.07 Å². The van der Waals surface area contributed by atoms with E-state index in [1.165, 1.54) is 6.92 Å². The standard InChI is InChI=1S/C21H20O7/c1-11(2)26-14-5-7-16-15(9-14)19(23)21(27-12(3)22)20(28-16)13-4-6-17-18(8-13)25-10-24-17/h4-9,11,20-21H,10H2,1-3H3. The first-order valence-corrected chi connectivity index (χ1v) is 9.00. The lowest BCUT2D eigenvalue weighted by molar-refractivity contribution is -0.148. The summed E-state index contributed by atoms with van der Waals surface area (Å²) in [7, 11) is 0. The number of hydrogen-bond acceptors (Lipinski definition) is 7. The van der Waals surface area contributed by atoms with Crippen LogP contribution < -0.4 is 18.9 Å². The molecule has 2 aliphatic heterocycles. The zero-order valence-corrected chi connectivity index (χ0v) is 15.8. The van der Waals surface area contributed by atoms with E-state index in [0.29, 0.717) is 34.1 Å². The third-order valence-electron chi connectivity index (χ3n) is 4.39. The van der Waals surface area contributed by atoms with Crippen LogP contribution in [0.15, 0.2) is 36.4 Å². The Kier molecular flexibility index (Phi) is 4.58. The molecule has 7 heteroatoms. The van der Waals surface area contributed by atoms with Gasteiger partial charge in [0.2, 0.25) is 18.7 Å². The van der Waals surface area contributed by atoms with Crippen LogP contribution in [-0.2, 0) is 9.53 Å². The van der Waals surface area contributed by atoms with Gasteiger partial charge in [0, 0.05) is 12.5 Å². The number of fused-ring (bicyclic) bond motifs is 2. The topological polar surface area (TPSA) is 80.3 Å². The van der Waals surface area contributed by atoms with Crippen molar-refractivity contribution in [2.24, 2.45) is 0 Å². The molecule has 2 unspecified atom stereocenters. The zero-order valence-electron chi connectivity index (χ0n) is 15.8. The van der Waals surface area contributed by atoms with Crippen LogP contribution in [0.5, 0.6) is 23.0 Å². The predicted molar refractivity (Wildman–Crippen MR) is 98.0 cm³/mol. The van der Waals surface area contributed by atoms with E-state index >= 15 is 0 Å². The number of benzene rings is 2. The van der Waals surface area contributed by atoms with Crippen LogP contribution in [0.3, 0.4) is 0 Å². The molecule has 0 N–H and O–H groups in total. The lowest BCUT2D eigenvalue weighted by atomic mass is 9.93. The summed E-state index contributed by atoms with van der Waals surface area (Å²) in [6, 6.07) is 10.3. The van der Waals surface area contributed by atoms with E-state index in [9.17, 15) is 9.59 Å². The second-order valence-electron chi connectivity index (χ2n) is 6.87. The molecule has 28 heavy (non-hydrogen) atoms.